The lowest BCUT2D eigenvalue weighted by atomic mass is 9.99. The number of benzene rings is 1. The van der Waals surface area contributed by atoms with Crippen LogP contribution in [0.25, 0.3) is 0 Å². The smallest absolute Gasteiger partial charge is 0.230 e. The van der Waals surface area contributed by atoms with Crippen molar-refractivity contribution in [2.75, 3.05) is 13.1 Å². The molecule has 1 aliphatic rings. The molecule has 1 heterocycles. The minimum Gasteiger partial charge on any atom is -0.339 e. The summed E-state index contributed by atoms with van der Waals surface area (Å²) < 4.78 is 0. The molecule has 1 aromatic rings. The summed E-state index contributed by atoms with van der Waals surface area (Å²) in [5, 5.41) is 0. The molecule has 0 aromatic heterocycles. The standard InChI is InChI=1S/C15H22N2O/c1-11-8-13(9-16)10-17(11)15(18)12(2)14-6-4-3-5-7-14/h3-7,11-13H,8-10,16H2,1-2H3. The lowest BCUT2D eigenvalue weighted by molar-refractivity contribution is -0.133. The van der Waals surface area contributed by atoms with E-state index in [-0.39, 0.29) is 11.8 Å². The van der Waals surface area contributed by atoms with Crippen molar-refractivity contribution in [1.82, 2.24) is 4.90 Å². The maximum Gasteiger partial charge on any atom is 0.230 e. The number of rotatable bonds is 3. The summed E-state index contributed by atoms with van der Waals surface area (Å²) in [5.74, 6) is 0.627. The van der Waals surface area contributed by atoms with E-state index in [1.165, 1.54) is 0 Å². The zero-order valence-corrected chi connectivity index (χ0v) is 11.2. The van der Waals surface area contributed by atoms with Gasteiger partial charge in [0.2, 0.25) is 5.91 Å². The van der Waals surface area contributed by atoms with Gasteiger partial charge in [0, 0.05) is 12.6 Å². The van der Waals surface area contributed by atoms with E-state index in [0.717, 1.165) is 18.5 Å². The van der Waals surface area contributed by atoms with Crippen molar-refractivity contribution in [3.05, 3.63) is 35.9 Å². The van der Waals surface area contributed by atoms with E-state index in [2.05, 4.69) is 6.92 Å². The summed E-state index contributed by atoms with van der Waals surface area (Å²) in [6.07, 6.45) is 1.03. The third-order valence-corrected chi connectivity index (χ3v) is 3.95. The van der Waals surface area contributed by atoms with E-state index in [4.69, 9.17) is 5.73 Å². The summed E-state index contributed by atoms with van der Waals surface area (Å²) in [7, 11) is 0. The Bertz CT molecular complexity index is 404. The number of nitrogens with two attached hydrogens (primary N) is 1. The van der Waals surface area contributed by atoms with Gasteiger partial charge in [0.1, 0.15) is 0 Å². The van der Waals surface area contributed by atoms with Crippen molar-refractivity contribution in [3.63, 3.8) is 0 Å². The minimum absolute atomic E-state index is 0.0647. The van der Waals surface area contributed by atoms with E-state index in [9.17, 15) is 4.79 Å². The number of amides is 1. The topological polar surface area (TPSA) is 46.3 Å². The Kier molecular flexibility index (Phi) is 4.02. The van der Waals surface area contributed by atoms with Gasteiger partial charge in [-0.15, -0.1) is 0 Å². The minimum atomic E-state index is -0.0647. The summed E-state index contributed by atoms with van der Waals surface area (Å²) >= 11 is 0. The molecular weight excluding hydrogens is 224 g/mol. The number of nitrogens with zero attached hydrogens (tertiary/aromatic N) is 1. The fourth-order valence-electron chi connectivity index (χ4n) is 2.75. The number of carbonyl (C=O) groups is 1. The van der Waals surface area contributed by atoms with E-state index in [1.54, 1.807) is 0 Å². The number of carbonyl (C=O) groups excluding carboxylic acids is 1. The van der Waals surface area contributed by atoms with Crippen LogP contribution in [-0.2, 0) is 4.79 Å². The van der Waals surface area contributed by atoms with Crippen LogP contribution in [0.3, 0.4) is 0 Å². The van der Waals surface area contributed by atoms with Gasteiger partial charge in [-0.25, -0.2) is 0 Å². The fourth-order valence-corrected chi connectivity index (χ4v) is 2.75. The number of likely N-dealkylation sites (tertiary alicyclic amines) is 1. The van der Waals surface area contributed by atoms with E-state index < -0.39 is 0 Å². The van der Waals surface area contributed by atoms with Crippen LogP contribution in [0.15, 0.2) is 30.3 Å². The molecular formula is C15H22N2O. The normalized spacial score (nSPS) is 25.2. The van der Waals surface area contributed by atoms with Crippen LogP contribution in [0, 0.1) is 5.92 Å². The summed E-state index contributed by atoms with van der Waals surface area (Å²) in [6, 6.07) is 10.3. The molecule has 0 aliphatic carbocycles. The van der Waals surface area contributed by atoms with Crippen LogP contribution in [0.4, 0.5) is 0 Å². The first-order valence-electron chi connectivity index (χ1n) is 6.69. The summed E-state index contributed by atoms with van der Waals surface area (Å²) in [5.41, 5.74) is 6.80. The molecule has 0 bridgehead atoms. The van der Waals surface area contributed by atoms with Gasteiger partial charge in [-0.1, -0.05) is 30.3 Å². The Morgan fingerprint density at radius 2 is 2.11 bits per heavy atom. The molecule has 1 amide bonds. The molecule has 0 spiro atoms. The van der Waals surface area contributed by atoms with Crippen LogP contribution in [0.2, 0.25) is 0 Å². The largest absolute Gasteiger partial charge is 0.339 e. The molecule has 2 N–H and O–H groups in total. The first kappa shape index (κ1) is 13.1. The highest BCUT2D eigenvalue weighted by atomic mass is 16.2. The Labute approximate surface area is 109 Å². The second-order valence-electron chi connectivity index (χ2n) is 5.31. The Hall–Kier alpha value is -1.35. The van der Waals surface area contributed by atoms with Gasteiger partial charge < -0.3 is 10.6 Å². The van der Waals surface area contributed by atoms with Gasteiger partial charge in [0.15, 0.2) is 0 Å². The highest BCUT2D eigenvalue weighted by molar-refractivity contribution is 5.83. The molecule has 3 unspecified atom stereocenters. The first-order chi connectivity index (χ1) is 8.63. The van der Waals surface area contributed by atoms with Crippen LogP contribution in [0.5, 0.6) is 0 Å². The van der Waals surface area contributed by atoms with Crippen molar-refractivity contribution in [3.8, 4) is 0 Å². The molecule has 0 radical (unpaired) electrons. The Morgan fingerprint density at radius 1 is 1.44 bits per heavy atom. The van der Waals surface area contributed by atoms with E-state index in [0.29, 0.717) is 18.5 Å². The summed E-state index contributed by atoms with van der Waals surface area (Å²) in [4.78, 5) is 14.5. The highest BCUT2D eigenvalue weighted by Gasteiger charge is 2.33. The monoisotopic (exact) mass is 246 g/mol. The maximum absolute atomic E-state index is 12.5. The van der Waals surface area contributed by atoms with Crippen molar-refractivity contribution in [1.29, 1.82) is 0 Å². The van der Waals surface area contributed by atoms with Gasteiger partial charge in [0.25, 0.3) is 0 Å². The lowest BCUT2D eigenvalue weighted by Crippen LogP contribution is -2.37. The van der Waals surface area contributed by atoms with E-state index >= 15 is 0 Å². The van der Waals surface area contributed by atoms with Crippen molar-refractivity contribution >= 4 is 5.91 Å². The van der Waals surface area contributed by atoms with Gasteiger partial charge in [-0.05, 0) is 38.3 Å². The van der Waals surface area contributed by atoms with Gasteiger partial charge in [-0.2, -0.15) is 0 Å². The summed E-state index contributed by atoms with van der Waals surface area (Å²) in [6.45, 7) is 5.59. The maximum atomic E-state index is 12.5. The third kappa shape index (κ3) is 2.56. The predicted octanol–water partition coefficient (Wildman–Crippen LogP) is 1.99. The molecule has 3 atom stereocenters. The molecule has 98 valence electrons. The highest BCUT2D eigenvalue weighted by Crippen LogP contribution is 2.27. The first-order valence-corrected chi connectivity index (χ1v) is 6.69. The zero-order valence-electron chi connectivity index (χ0n) is 11.2. The quantitative estimate of drug-likeness (QED) is 0.886. The molecule has 2 rings (SSSR count). The van der Waals surface area contributed by atoms with Gasteiger partial charge in [0.05, 0.1) is 5.92 Å². The van der Waals surface area contributed by atoms with Crippen LogP contribution in [0.1, 0.15) is 31.7 Å². The zero-order chi connectivity index (χ0) is 13.1. The molecule has 1 fully saturated rings. The van der Waals surface area contributed by atoms with Crippen LogP contribution >= 0.6 is 0 Å². The molecule has 1 aromatic carbocycles. The van der Waals surface area contributed by atoms with Crippen LogP contribution in [-0.4, -0.2) is 29.9 Å². The number of hydrogen-bond donors (Lipinski definition) is 1. The fraction of sp³-hybridized carbons (Fsp3) is 0.533. The average Bonchev–Trinajstić information content (AvgIpc) is 2.79. The second-order valence-corrected chi connectivity index (χ2v) is 5.31. The number of hydrogen-bond acceptors (Lipinski definition) is 2. The van der Waals surface area contributed by atoms with E-state index in [1.807, 2.05) is 42.2 Å². The van der Waals surface area contributed by atoms with Crippen molar-refractivity contribution in [2.24, 2.45) is 11.7 Å². The SMILES string of the molecule is CC(C(=O)N1CC(CN)CC1C)c1ccccc1. The third-order valence-electron chi connectivity index (χ3n) is 3.95. The molecule has 18 heavy (non-hydrogen) atoms. The Balaban J connectivity index is 2.08. The molecule has 0 saturated carbocycles. The van der Waals surface area contributed by atoms with Crippen molar-refractivity contribution in [2.45, 2.75) is 32.2 Å². The second kappa shape index (κ2) is 5.53. The van der Waals surface area contributed by atoms with Crippen LogP contribution < -0.4 is 5.73 Å². The molecule has 3 nitrogen and oxygen atoms in total. The van der Waals surface area contributed by atoms with Crippen molar-refractivity contribution < 1.29 is 4.79 Å². The Morgan fingerprint density at radius 3 is 2.67 bits per heavy atom. The predicted molar refractivity (Wildman–Crippen MR) is 73.2 cm³/mol. The lowest BCUT2D eigenvalue weighted by Gasteiger charge is -2.25. The molecule has 1 saturated heterocycles. The average molecular weight is 246 g/mol. The molecule has 3 heteroatoms. The molecule has 1 aliphatic heterocycles. The van der Waals surface area contributed by atoms with Gasteiger partial charge >= 0.3 is 0 Å². The van der Waals surface area contributed by atoms with Gasteiger partial charge in [-0.3, -0.25) is 4.79 Å².